The monoisotopic (exact) mass is 384 g/mol. The number of nitrogens with one attached hydrogen (secondary N) is 1. The Morgan fingerprint density at radius 1 is 0.964 bits per heavy atom. The minimum absolute atomic E-state index is 0.259. The number of rotatable bonds is 8. The maximum atomic E-state index is 5.56. The van der Waals surface area contributed by atoms with Crippen molar-refractivity contribution < 1.29 is 14.2 Å². The second-order valence-electron chi connectivity index (χ2n) is 7.41. The number of aryl methyl sites for hydroxylation is 2. The van der Waals surface area contributed by atoms with Gasteiger partial charge >= 0.3 is 0 Å². The summed E-state index contributed by atoms with van der Waals surface area (Å²) in [6, 6.07) is 13.2. The number of methoxy groups -OCH3 is 2. The Morgan fingerprint density at radius 2 is 1.64 bits per heavy atom. The van der Waals surface area contributed by atoms with Crippen LogP contribution in [0.1, 0.15) is 28.3 Å². The lowest BCUT2D eigenvalue weighted by Gasteiger charge is -2.35. The van der Waals surface area contributed by atoms with Crippen LogP contribution in [0.2, 0.25) is 0 Å². The molecule has 1 aliphatic heterocycles. The minimum atomic E-state index is 0.259. The Bertz CT molecular complexity index is 752. The summed E-state index contributed by atoms with van der Waals surface area (Å²) in [7, 11) is 3.35. The van der Waals surface area contributed by atoms with E-state index in [1.807, 2.05) is 6.07 Å². The van der Waals surface area contributed by atoms with Crippen molar-refractivity contribution in [3.8, 4) is 11.5 Å². The molecule has 0 radical (unpaired) electrons. The molecule has 0 aliphatic carbocycles. The molecule has 3 rings (SSSR count). The summed E-state index contributed by atoms with van der Waals surface area (Å²) in [5.74, 6) is 1.53. The van der Waals surface area contributed by atoms with Gasteiger partial charge in [0.2, 0.25) is 0 Å². The van der Waals surface area contributed by atoms with Crippen LogP contribution in [0.5, 0.6) is 11.5 Å². The van der Waals surface area contributed by atoms with Gasteiger partial charge < -0.3 is 19.5 Å². The molecule has 1 fully saturated rings. The number of hydrogen-bond acceptors (Lipinski definition) is 5. The van der Waals surface area contributed by atoms with E-state index in [1.54, 1.807) is 14.2 Å². The van der Waals surface area contributed by atoms with Crippen LogP contribution in [0, 0.1) is 13.8 Å². The van der Waals surface area contributed by atoms with Crippen LogP contribution >= 0.6 is 0 Å². The second kappa shape index (κ2) is 9.92. The molecular formula is C23H32N2O3. The Balaban J connectivity index is 1.75. The van der Waals surface area contributed by atoms with Crippen LogP contribution in [0.3, 0.4) is 0 Å². The van der Waals surface area contributed by atoms with Crippen molar-refractivity contribution in [1.82, 2.24) is 10.2 Å². The van der Waals surface area contributed by atoms with Gasteiger partial charge in [0.05, 0.1) is 27.4 Å². The zero-order chi connectivity index (χ0) is 19.9. The zero-order valence-corrected chi connectivity index (χ0v) is 17.5. The third-order valence-electron chi connectivity index (χ3n) is 5.23. The lowest BCUT2D eigenvalue weighted by Crippen LogP contribution is -2.42. The molecule has 1 heterocycles. The van der Waals surface area contributed by atoms with Crippen molar-refractivity contribution in [2.75, 3.05) is 47.1 Å². The molecule has 1 N–H and O–H groups in total. The quantitative estimate of drug-likeness (QED) is 0.755. The Morgan fingerprint density at radius 3 is 2.29 bits per heavy atom. The number of benzene rings is 2. The van der Waals surface area contributed by atoms with Crippen molar-refractivity contribution in [3.63, 3.8) is 0 Å². The lowest BCUT2D eigenvalue weighted by molar-refractivity contribution is 0.0160. The molecule has 0 bridgehead atoms. The Hall–Kier alpha value is -2.08. The summed E-state index contributed by atoms with van der Waals surface area (Å²) in [5, 5.41) is 3.66. The van der Waals surface area contributed by atoms with Crippen molar-refractivity contribution in [2.45, 2.75) is 26.4 Å². The highest BCUT2D eigenvalue weighted by Crippen LogP contribution is 2.32. The first kappa shape index (κ1) is 20.6. The number of morpholine rings is 1. The number of nitrogens with zero attached hydrogens (tertiary/aromatic N) is 1. The zero-order valence-electron chi connectivity index (χ0n) is 17.5. The molecular weight excluding hydrogens is 352 g/mol. The van der Waals surface area contributed by atoms with E-state index in [0.29, 0.717) is 0 Å². The van der Waals surface area contributed by atoms with Gasteiger partial charge in [0.1, 0.15) is 0 Å². The molecule has 1 aliphatic rings. The van der Waals surface area contributed by atoms with Gasteiger partial charge in [0.25, 0.3) is 0 Å². The van der Waals surface area contributed by atoms with E-state index >= 15 is 0 Å². The molecule has 1 unspecified atom stereocenters. The van der Waals surface area contributed by atoms with Crippen LogP contribution in [0.15, 0.2) is 36.4 Å². The molecule has 5 heteroatoms. The highest BCUT2D eigenvalue weighted by molar-refractivity contribution is 5.44. The molecule has 1 saturated heterocycles. The first-order chi connectivity index (χ1) is 13.6. The van der Waals surface area contributed by atoms with Gasteiger partial charge in [-0.25, -0.2) is 0 Å². The van der Waals surface area contributed by atoms with Gasteiger partial charge in [-0.3, -0.25) is 4.90 Å². The Kier molecular flexibility index (Phi) is 7.31. The maximum Gasteiger partial charge on any atom is 0.161 e. The molecule has 0 aromatic heterocycles. The molecule has 1 atom stereocenters. The van der Waals surface area contributed by atoms with Gasteiger partial charge in [0.15, 0.2) is 11.5 Å². The summed E-state index contributed by atoms with van der Waals surface area (Å²) in [4.78, 5) is 2.49. The normalized spacial score (nSPS) is 16.0. The predicted octanol–water partition coefficient (Wildman–Crippen LogP) is 3.48. The van der Waals surface area contributed by atoms with Gasteiger partial charge in [0, 0.05) is 32.2 Å². The summed E-state index contributed by atoms with van der Waals surface area (Å²) >= 11 is 0. The van der Waals surface area contributed by atoms with Crippen molar-refractivity contribution >= 4 is 0 Å². The maximum absolute atomic E-state index is 5.56. The summed E-state index contributed by atoms with van der Waals surface area (Å²) in [6.07, 6.45) is 0. The highest BCUT2D eigenvalue weighted by atomic mass is 16.5. The largest absolute Gasteiger partial charge is 0.493 e. The van der Waals surface area contributed by atoms with Gasteiger partial charge in [-0.15, -0.1) is 0 Å². The van der Waals surface area contributed by atoms with Crippen molar-refractivity contribution in [2.24, 2.45) is 0 Å². The SMILES string of the molecule is COc1ccc(C(CNCc2cc(C)cc(C)c2)N2CCOCC2)cc1OC. The molecule has 0 spiro atoms. The third kappa shape index (κ3) is 5.25. The standard InChI is InChI=1S/C23H32N2O3/c1-17-11-18(2)13-19(12-17)15-24-16-21(25-7-9-28-10-8-25)20-5-6-22(26-3)23(14-20)27-4/h5-6,11-14,21,24H,7-10,15-16H2,1-4H3. The summed E-state index contributed by atoms with van der Waals surface area (Å²) in [6.45, 7) is 9.45. The highest BCUT2D eigenvalue weighted by Gasteiger charge is 2.23. The molecule has 152 valence electrons. The molecule has 2 aromatic carbocycles. The summed E-state index contributed by atoms with van der Waals surface area (Å²) < 4.78 is 16.5. The first-order valence-electron chi connectivity index (χ1n) is 9.92. The van der Waals surface area contributed by atoms with E-state index in [-0.39, 0.29) is 6.04 Å². The van der Waals surface area contributed by atoms with Crippen LogP contribution < -0.4 is 14.8 Å². The fourth-order valence-corrected chi connectivity index (χ4v) is 3.93. The van der Waals surface area contributed by atoms with E-state index in [9.17, 15) is 0 Å². The molecule has 28 heavy (non-hydrogen) atoms. The van der Waals surface area contributed by atoms with Crippen LogP contribution in [0.4, 0.5) is 0 Å². The van der Waals surface area contributed by atoms with E-state index in [4.69, 9.17) is 14.2 Å². The topological polar surface area (TPSA) is 43.0 Å². The average molecular weight is 385 g/mol. The van der Waals surface area contributed by atoms with Gasteiger partial charge in [-0.1, -0.05) is 35.4 Å². The van der Waals surface area contributed by atoms with Crippen molar-refractivity contribution in [3.05, 3.63) is 58.7 Å². The van der Waals surface area contributed by atoms with Crippen LogP contribution in [0.25, 0.3) is 0 Å². The van der Waals surface area contributed by atoms with Gasteiger partial charge in [-0.05, 0) is 37.1 Å². The predicted molar refractivity (Wildman–Crippen MR) is 112 cm³/mol. The summed E-state index contributed by atoms with van der Waals surface area (Å²) in [5.41, 5.74) is 5.17. The number of hydrogen-bond donors (Lipinski definition) is 1. The Labute approximate surface area is 168 Å². The minimum Gasteiger partial charge on any atom is -0.493 e. The first-order valence-corrected chi connectivity index (χ1v) is 9.92. The van der Waals surface area contributed by atoms with E-state index in [2.05, 4.69) is 54.4 Å². The molecule has 0 amide bonds. The van der Waals surface area contributed by atoms with E-state index < -0.39 is 0 Å². The smallest absolute Gasteiger partial charge is 0.161 e. The average Bonchev–Trinajstić information content (AvgIpc) is 2.70. The van der Waals surface area contributed by atoms with Crippen LogP contribution in [-0.4, -0.2) is 52.0 Å². The third-order valence-corrected chi connectivity index (χ3v) is 5.23. The number of ether oxygens (including phenoxy) is 3. The fourth-order valence-electron chi connectivity index (χ4n) is 3.93. The molecule has 2 aromatic rings. The molecule has 0 saturated carbocycles. The molecule has 5 nitrogen and oxygen atoms in total. The van der Waals surface area contributed by atoms with Gasteiger partial charge in [-0.2, -0.15) is 0 Å². The lowest BCUT2D eigenvalue weighted by atomic mass is 10.0. The van der Waals surface area contributed by atoms with Crippen molar-refractivity contribution in [1.29, 1.82) is 0 Å². The van der Waals surface area contributed by atoms with E-state index in [0.717, 1.165) is 50.9 Å². The second-order valence-corrected chi connectivity index (χ2v) is 7.41. The van der Waals surface area contributed by atoms with Crippen LogP contribution in [-0.2, 0) is 11.3 Å². The van der Waals surface area contributed by atoms with E-state index in [1.165, 1.54) is 22.3 Å². The fraction of sp³-hybridized carbons (Fsp3) is 0.478.